The standard InChI is InChI=1S/C52H87N2/c1-4-6-8-10-12-14-16-18-20-21-23-25-27-29-37-43-53-47-51(45-48(3)50-41-35-32-36-42-50)54(52(53)46-49-39-33-31-34-40-49)44-38-30-28-26-24-22-19-17-15-13-11-9-7-5-2/h31-36,39-42,47-48H,4-30,37-38,43-46H2,1-3H3/q+1. The maximum atomic E-state index is 2.76. The van der Waals surface area contributed by atoms with Gasteiger partial charge in [-0.3, -0.25) is 0 Å². The minimum Gasteiger partial charge on any atom is -0.234 e. The third-order valence-electron chi connectivity index (χ3n) is 12.1. The van der Waals surface area contributed by atoms with Crippen molar-refractivity contribution in [2.45, 2.75) is 239 Å². The largest absolute Gasteiger partial charge is 0.261 e. The molecule has 2 nitrogen and oxygen atoms in total. The monoisotopic (exact) mass is 740 g/mol. The molecule has 0 N–H and O–H groups in total. The highest BCUT2D eigenvalue weighted by molar-refractivity contribution is 5.21. The lowest BCUT2D eigenvalue weighted by molar-refractivity contribution is -0.710. The van der Waals surface area contributed by atoms with Crippen LogP contribution in [0.15, 0.2) is 66.9 Å². The first-order valence-corrected chi connectivity index (χ1v) is 23.9. The van der Waals surface area contributed by atoms with Crippen molar-refractivity contribution in [3.05, 3.63) is 89.5 Å². The van der Waals surface area contributed by atoms with Gasteiger partial charge in [-0.25, -0.2) is 9.13 Å². The summed E-state index contributed by atoms with van der Waals surface area (Å²) in [4.78, 5) is 0. The predicted molar refractivity (Wildman–Crippen MR) is 238 cm³/mol. The van der Waals surface area contributed by atoms with E-state index in [-0.39, 0.29) is 0 Å². The highest BCUT2D eigenvalue weighted by Crippen LogP contribution is 2.22. The van der Waals surface area contributed by atoms with Crippen LogP contribution in [0.2, 0.25) is 0 Å². The smallest absolute Gasteiger partial charge is 0.234 e. The van der Waals surface area contributed by atoms with Crippen molar-refractivity contribution in [3.63, 3.8) is 0 Å². The lowest BCUT2D eigenvalue weighted by atomic mass is 9.96. The van der Waals surface area contributed by atoms with Crippen LogP contribution >= 0.6 is 0 Å². The van der Waals surface area contributed by atoms with Crippen molar-refractivity contribution in [1.82, 2.24) is 4.57 Å². The van der Waals surface area contributed by atoms with E-state index >= 15 is 0 Å². The van der Waals surface area contributed by atoms with Crippen molar-refractivity contribution in [3.8, 4) is 0 Å². The first kappa shape index (κ1) is 46.0. The fraction of sp³-hybridized carbons (Fsp3) is 0.712. The molecule has 0 fully saturated rings. The van der Waals surface area contributed by atoms with Crippen LogP contribution in [0.1, 0.15) is 236 Å². The average Bonchev–Trinajstić information content (AvgIpc) is 3.51. The van der Waals surface area contributed by atoms with Crippen molar-refractivity contribution >= 4 is 0 Å². The molecule has 0 amide bonds. The molecule has 0 aliphatic rings. The fourth-order valence-corrected chi connectivity index (χ4v) is 8.58. The Morgan fingerprint density at radius 1 is 0.463 bits per heavy atom. The summed E-state index contributed by atoms with van der Waals surface area (Å²) in [6.45, 7) is 9.36. The molecule has 1 atom stereocenters. The number of aryl methyl sites for hydroxylation is 1. The van der Waals surface area contributed by atoms with Crippen LogP contribution in [0.4, 0.5) is 0 Å². The van der Waals surface area contributed by atoms with Gasteiger partial charge in [-0.15, -0.1) is 0 Å². The van der Waals surface area contributed by atoms with Gasteiger partial charge in [-0.05, 0) is 42.7 Å². The molecule has 1 unspecified atom stereocenters. The maximum absolute atomic E-state index is 2.76. The minimum absolute atomic E-state index is 0.514. The maximum Gasteiger partial charge on any atom is 0.261 e. The van der Waals surface area contributed by atoms with E-state index < -0.39 is 0 Å². The zero-order valence-electron chi connectivity index (χ0n) is 36.2. The van der Waals surface area contributed by atoms with Gasteiger partial charge in [0.25, 0.3) is 5.82 Å². The van der Waals surface area contributed by atoms with Gasteiger partial charge in [0.2, 0.25) is 0 Å². The van der Waals surface area contributed by atoms with Gasteiger partial charge in [-0.1, -0.05) is 242 Å². The van der Waals surface area contributed by atoms with Gasteiger partial charge >= 0.3 is 0 Å². The Balaban J connectivity index is 1.48. The molecule has 3 aromatic rings. The number of rotatable bonds is 36. The van der Waals surface area contributed by atoms with Crippen LogP contribution < -0.4 is 4.57 Å². The van der Waals surface area contributed by atoms with E-state index in [9.17, 15) is 0 Å². The van der Waals surface area contributed by atoms with Crippen molar-refractivity contribution in [2.75, 3.05) is 0 Å². The highest BCUT2D eigenvalue weighted by Gasteiger charge is 2.25. The van der Waals surface area contributed by atoms with Crippen LogP contribution in [-0.4, -0.2) is 4.57 Å². The summed E-state index contributed by atoms with van der Waals surface area (Å²) in [6, 6.07) is 22.4. The zero-order chi connectivity index (χ0) is 38.2. The third-order valence-corrected chi connectivity index (χ3v) is 12.1. The molecule has 1 aromatic heterocycles. The summed E-state index contributed by atoms with van der Waals surface area (Å²) in [5.41, 5.74) is 4.43. The molecule has 0 bridgehead atoms. The minimum atomic E-state index is 0.514. The molecule has 1 heterocycles. The van der Waals surface area contributed by atoms with E-state index in [0.717, 1.165) is 25.9 Å². The Hall–Kier alpha value is -2.35. The Morgan fingerprint density at radius 3 is 1.30 bits per heavy atom. The summed E-state index contributed by atoms with van der Waals surface area (Å²) in [7, 11) is 0. The third kappa shape index (κ3) is 21.1. The van der Waals surface area contributed by atoms with Crippen LogP contribution in [0.5, 0.6) is 0 Å². The second kappa shape index (κ2) is 31.8. The number of unbranched alkanes of at least 4 members (excludes halogenated alkanes) is 27. The summed E-state index contributed by atoms with van der Waals surface area (Å²) in [5.74, 6) is 2.04. The van der Waals surface area contributed by atoms with E-state index in [0.29, 0.717) is 5.92 Å². The van der Waals surface area contributed by atoms with Crippen molar-refractivity contribution in [2.24, 2.45) is 0 Å². The van der Waals surface area contributed by atoms with E-state index in [4.69, 9.17) is 0 Å². The number of nitrogens with zero attached hydrogens (tertiary/aromatic N) is 2. The van der Waals surface area contributed by atoms with Gasteiger partial charge in [0.05, 0.1) is 19.5 Å². The Bertz CT molecular complexity index is 1240. The molecule has 304 valence electrons. The summed E-state index contributed by atoms with van der Waals surface area (Å²) >= 11 is 0. The lowest BCUT2D eigenvalue weighted by Gasteiger charge is -2.12. The predicted octanol–water partition coefficient (Wildman–Crippen LogP) is 16.1. The first-order valence-electron chi connectivity index (χ1n) is 23.9. The number of hydrogen-bond donors (Lipinski definition) is 0. The molecule has 0 aliphatic carbocycles. The topological polar surface area (TPSA) is 8.81 Å². The molecule has 0 saturated heterocycles. The number of hydrogen-bond acceptors (Lipinski definition) is 0. The number of benzene rings is 2. The molecule has 2 aromatic carbocycles. The van der Waals surface area contributed by atoms with Crippen LogP contribution in [-0.2, 0) is 25.9 Å². The molecular weight excluding hydrogens is 653 g/mol. The van der Waals surface area contributed by atoms with Crippen LogP contribution in [0.25, 0.3) is 0 Å². The molecule has 0 saturated carbocycles. The number of aromatic nitrogens is 2. The molecular formula is C52H87N2+. The van der Waals surface area contributed by atoms with E-state index in [2.05, 4.69) is 96.8 Å². The van der Waals surface area contributed by atoms with E-state index in [1.54, 1.807) is 0 Å². The zero-order valence-corrected chi connectivity index (χ0v) is 36.2. The van der Waals surface area contributed by atoms with Crippen molar-refractivity contribution < 1.29 is 4.57 Å². The van der Waals surface area contributed by atoms with Gasteiger partial charge in [0, 0.05) is 6.42 Å². The van der Waals surface area contributed by atoms with Gasteiger partial charge < -0.3 is 0 Å². The van der Waals surface area contributed by atoms with Crippen LogP contribution in [0, 0.1) is 0 Å². The molecule has 0 aliphatic heterocycles. The number of imidazole rings is 1. The lowest BCUT2D eigenvalue weighted by Crippen LogP contribution is -2.41. The second-order valence-corrected chi connectivity index (χ2v) is 17.1. The fourth-order valence-electron chi connectivity index (χ4n) is 8.58. The van der Waals surface area contributed by atoms with E-state index in [1.807, 2.05) is 0 Å². The summed E-state index contributed by atoms with van der Waals surface area (Å²) in [5, 5.41) is 0. The van der Waals surface area contributed by atoms with Gasteiger partial charge in [0.15, 0.2) is 0 Å². The first-order chi connectivity index (χ1) is 26.7. The highest BCUT2D eigenvalue weighted by atomic mass is 15.2. The molecule has 54 heavy (non-hydrogen) atoms. The van der Waals surface area contributed by atoms with Crippen LogP contribution in [0.3, 0.4) is 0 Å². The SMILES string of the molecule is CCCCCCCCCCCCCCCCCn1cc(CC(C)c2ccccc2)[n+](CCCCCCCCCCCCCCCC)c1Cc1ccccc1. The second-order valence-electron chi connectivity index (χ2n) is 17.1. The quantitative estimate of drug-likeness (QED) is 0.0415. The summed E-state index contributed by atoms with van der Waals surface area (Å²) in [6.07, 6.45) is 45.8. The summed E-state index contributed by atoms with van der Waals surface area (Å²) < 4.78 is 5.43. The average molecular weight is 740 g/mol. The molecule has 3 rings (SSSR count). The molecule has 0 radical (unpaired) electrons. The van der Waals surface area contributed by atoms with Gasteiger partial charge in [-0.2, -0.15) is 0 Å². The van der Waals surface area contributed by atoms with E-state index in [1.165, 1.54) is 209 Å². The van der Waals surface area contributed by atoms with Gasteiger partial charge in [0.1, 0.15) is 11.9 Å². The normalized spacial score (nSPS) is 12.1. The Kier molecular flexibility index (Phi) is 27.1. The Morgan fingerprint density at radius 2 is 0.852 bits per heavy atom. The molecule has 0 spiro atoms. The van der Waals surface area contributed by atoms with Crippen molar-refractivity contribution in [1.29, 1.82) is 0 Å². The molecule has 2 heteroatoms. The Labute approximate surface area is 336 Å².